The van der Waals surface area contributed by atoms with Gasteiger partial charge in [-0.1, -0.05) is 6.08 Å². The van der Waals surface area contributed by atoms with Crippen molar-refractivity contribution in [2.45, 2.75) is 13.8 Å². The molecule has 82 valence electrons. The Morgan fingerprint density at radius 2 is 2.19 bits per heavy atom. The lowest BCUT2D eigenvalue weighted by Crippen LogP contribution is -1.93. The summed E-state index contributed by atoms with van der Waals surface area (Å²) in [6.45, 7) is 4.01. The third-order valence-corrected chi connectivity index (χ3v) is 3.94. The van der Waals surface area contributed by atoms with E-state index in [9.17, 15) is 4.79 Å². The van der Waals surface area contributed by atoms with Gasteiger partial charge in [-0.3, -0.25) is 4.79 Å². The van der Waals surface area contributed by atoms with E-state index >= 15 is 0 Å². The molecule has 16 heavy (non-hydrogen) atoms. The highest BCUT2D eigenvalue weighted by Crippen LogP contribution is 2.21. The Morgan fingerprint density at radius 1 is 1.38 bits per heavy atom. The standard InChI is InChI=1S/C13H12OS2/c1-9-7-12(10(2)16-9)13(14)4-3-11-5-6-15-8-11/h3-8H,1-2H3/b4-3+. The molecule has 0 saturated heterocycles. The smallest absolute Gasteiger partial charge is 0.186 e. The van der Waals surface area contributed by atoms with Crippen molar-refractivity contribution in [2.24, 2.45) is 0 Å². The van der Waals surface area contributed by atoms with Crippen molar-refractivity contribution in [3.63, 3.8) is 0 Å². The highest BCUT2D eigenvalue weighted by molar-refractivity contribution is 7.12. The van der Waals surface area contributed by atoms with Crippen LogP contribution in [0, 0.1) is 13.8 Å². The normalized spacial score (nSPS) is 11.1. The molecule has 1 nitrogen and oxygen atoms in total. The van der Waals surface area contributed by atoms with Gasteiger partial charge < -0.3 is 0 Å². The average molecular weight is 248 g/mol. The van der Waals surface area contributed by atoms with Gasteiger partial charge in [-0.15, -0.1) is 11.3 Å². The first kappa shape index (κ1) is 11.3. The third-order valence-electron chi connectivity index (χ3n) is 2.28. The molecule has 2 heterocycles. The zero-order valence-corrected chi connectivity index (χ0v) is 10.8. The summed E-state index contributed by atoms with van der Waals surface area (Å²) in [5.41, 5.74) is 1.91. The molecule has 2 rings (SSSR count). The zero-order valence-electron chi connectivity index (χ0n) is 9.19. The van der Waals surface area contributed by atoms with Gasteiger partial charge in [0.1, 0.15) is 0 Å². The maximum atomic E-state index is 11.9. The molecule has 0 aliphatic heterocycles. The van der Waals surface area contributed by atoms with Crippen LogP contribution in [-0.4, -0.2) is 5.78 Å². The largest absolute Gasteiger partial charge is 0.289 e. The van der Waals surface area contributed by atoms with Crippen molar-refractivity contribution < 1.29 is 4.79 Å². The van der Waals surface area contributed by atoms with E-state index in [4.69, 9.17) is 0 Å². The average Bonchev–Trinajstić information content (AvgIpc) is 2.84. The fourth-order valence-electron chi connectivity index (χ4n) is 1.51. The summed E-state index contributed by atoms with van der Waals surface area (Å²) in [6.07, 6.45) is 3.52. The van der Waals surface area contributed by atoms with Crippen molar-refractivity contribution in [3.8, 4) is 0 Å². The number of carbonyl (C=O) groups excluding carboxylic acids is 1. The van der Waals surface area contributed by atoms with E-state index in [0.717, 1.165) is 16.0 Å². The summed E-state index contributed by atoms with van der Waals surface area (Å²) < 4.78 is 0. The van der Waals surface area contributed by atoms with Crippen molar-refractivity contribution >= 4 is 34.5 Å². The third kappa shape index (κ3) is 2.49. The number of thiophene rings is 2. The first-order valence-electron chi connectivity index (χ1n) is 4.98. The van der Waals surface area contributed by atoms with E-state index in [0.29, 0.717) is 0 Å². The Kier molecular flexibility index (Phi) is 3.36. The molecule has 0 saturated carbocycles. The lowest BCUT2D eigenvalue weighted by atomic mass is 10.1. The maximum absolute atomic E-state index is 11.9. The Balaban J connectivity index is 2.17. The predicted octanol–water partition coefficient (Wildman–Crippen LogP) is 4.32. The number of rotatable bonds is 3. The zero-order chi connectivity index (χ0) is 11.5. The van der Waals surface area contributed by atoms with E-state index < -0.39 is 0 Å². The first-order valence-corrected chi connectivity index (χ1v) is 6.74. The van der Waals surface area contributed by atoms with Gasteiger partial charge in [0.25, 0.3) is 0 Å². The molecule has 0 aliphatic rings. The van der Waals surface area contributed by atoms with Crippen LogP contribution < -0.4 is 0 Å². The lowest BCUT2D eigenvalue weighted by molar-refractivity contribution is 0.104. The van der Waals surface area contributed by atoms with E-state index in [1.807, 2.05) is 42.8 Å². The van der Waals surface area contributed by atoms with Gasteiger partial charge in [0.05, 0.1) is 0 Å². The number of hydrogen-bond donors (Lipinski definition) is 0. The van der Waals surface area contributed by atoms with Gasteiger partial charge in [-0.25, -0.2) is 0 Å². The quantitative estimate of drug-likeness (QED) is 0.584. The second-order valence-electron chi connectivity index (χ2n) is 3.58. The Morgan fingerprint density at radius 3 is 2.75 bits per heavy atom. The van der Waals surface area contributed by atoms with Crippen LogP contribution in [-0.2, 0) is 0 Å². The number of ketones is 1. The second-order valence-corrected chi connectivity index (χ2v) is 5.82. The molecule has 2 aromatic rings. The van der Waals surface area contributed by atoms with Crippen molar-refractivity contribution in [2.75, 3.05) is 0 Å². The molecule has 0 radical (unpaired) electrons. The fourth-order valence-corrected chi connectivity index (χ4v) is 3.06. The van der Waals surface area contributed by atoms with Crippen molar-refractivity contribution in [1.29, 1.82) is 0 Å². The topological polar surface area (TPSA) is 17.1 Å². The van der Waals surface area contributed by atoms with Crippen LogP contribution in [0.3, 0.4) is 0 Å². The number of allylic oxidation sites excluding steroid dienone is 1. The van der Waals surface area contributed by atoms with Crippen LogP contribution in [0.4, 0.5) is 0 Å². The fraction of sp³-hybridized carbons (Fsp3) is 0.154. The molecule has 3 heteroatoms. The maximum Gasteiger partial charge on any atom is 0.186 e. The number of hydrogen-bond acceptors (Lipinski definition) is 3. The molecule has 0 amide bonds. The minimum Gasteiger partial charge on any atom is -0.289 e. The summed E-state index contributed by atoms with van der Waals surface area (Å²) in [5.74, 6) is 0.0908. The molecular weight excluding hydrogens is 236 g/mol. The van der Waals surface area contributed by atoms with Crippen molar-refractivity contribution in [1.82, 2.24) is 0 Å². The van der Waals surface area contributed by atoms with E-state index in [1.165, 1.54) is 4.88 Å². The Labute approximate surface area is 103 Å². The molecule has 0 N–H and O–H groups in total. The van der Waals surface area contributed by atoms with Gasteiger partial charge in [-0.05, 0) is 48.4 Å². The van der Waals surface area contributed by atoms with Gasteiger partial charge >= 0.3 is 0 Å². The number of aryl methyl sites for hydroxylation is 2. The Bertz CT molecular complexity index is 518. The summed E-state index contributed by atoms with van der Waals surface area (Å²) >= 11 is 3.30. The van der Waals surface area contributed by atoms with Crippen molar-refractivity contribution in [3.05, 3.63) is 49.9 Å². The highest BCUT2D eigenvalue weighted by Gasteiger charge is 2.08. The minimum absolute atomic E-state index is 0.0908. The van der Waals surface area contributed by atoms with Crippen LogP contribution >= 0.6 is 22.7 Å². The molecular formula is C13H12OS2. The van der Waals surface area contributed by atoms with E-state index in [2.05, 4.69) is 0 Å². The number of carbonyl (C=O) groups is 1. The highest BCUT2D eigenvalue weighted by atomic mass is 32.1. The monoisotopic (exact) mass is 248 g/mol. The molecule has 0 atom stereocenters. The SMILES string of the molecule is Cc1cc(C(=O)/C=C/c2ccsc2)c(C)s1. The predicted molar refractivity (Wildman–Crippen MR) is 71.5 cm³/mol. The van der Waals surface area contributed by atoms with Gasteiger partial charge in [0, 0.05) is 15.3 Å². The van der Waals surface area contributed by atoms with Crippen LogP contribution in [0.1, 0.15) is 25.7 Å². The molecule has 0 aromatic carbocycles. The van der Waals surface area contributed by atoms with Gasteiger partial charge in [0.15, 0.2) is 5.78 Å². The van der Waals surface area contributed by atoms with Gasteiger partial charge in [0.2, 0.25) is 0 Å². The first-order chi connectivity index (χ1) is 7.66. The second kappa shape index (κ2) is 4.76. The molecule has 2 aromatic heterocycles. The summed E-state index contributed by atoms with van der Waals surface area (Å²) in [6, 6.07) is 3.96. The minimum atomic E-state index is 0.0908. The lowest BCUT2D eigenvalue weighted by Gasteiger charge is -1.91. The van der Waals surface area contributed by atoms with E-state index in [-0.39, 0.29) is 5.78 Å². The molecule has 0 unspecified atom stereocenters. The molecule has 0 aliphatic carbocycles. The summed E-state index contributed by atoms with van der Waals surface area (Å²) in [4.78, 5) is 14.2. The summed E-state index contributed by atoms with van der Waals surface area (Å²) in [7, 11) is 0. The molecule has 0 fully saturated rings. The van der Waals surface area contributed by atoms with Crippen LogP contribution in [0.25, 0.3) is 6.08 Å². The summed E-state index contributed by atoms with van der Waals surface area (Å²) in [5, 5.41) is 4.03. The molecule has 0 spiro atoms. The van der Waals surface area contributed by atoms with E-state index in [1.54, 1.807) is 28.7 Å². The van der Waals surface area contributed by atoms with Crippen LogP contribution in [0.5, 0.6) is 0 Å². The molecule has 0 bridgehead atoms. The van der Waals surface area contributed by atoms with Crippen LogP contribution in [0.2, 0.25) is 0 Å². The van der Waals surface area contributed by atoms with Gasteiger partial charge in [-0.2, -0.15) is 11.3 Å². The van der Waals surface area contributed by atoms with Crippen LogP contribution in [0.15, 0.2) is 29.0 Å². The Hall–Kier alpha value is -1.19.